The molecule has 2 aromatic rings. The van der Waals surface area contributed by atoms with Crippen LogP contribution in [-0.2, 0) is 9.54 Å². The Hall–Kier alpha value is -2.81. The molecule has 9 heteroatoms. The van der Waals surface area contributed by atoms with Crippen molar-refractivity contribution in [2.75, 3.05) is 5.32 Å². The first kappa shape index (κ1) is 17.6. The lowest BCUT2D eigenvalue weighted by Gasteiger charge is -2.35. The van der Waals surface area contributed by atoms with Crippen molar-refractivity contribution in [3.63, 3.8) is 0 Å². The van der Waals surface area contributed by atoms with Crippen LogP contribution in [0.15, 0.2) is 29.4 Å². The molecule has 27 heavy (non-hydrogen) atoms. The van der Waals surface area contributed by atoms with Gasteiger partial charge in [0.1, 0.15) is 5.03 Å². The summed E-state index contributed by atoms with van der Waals surface area (Å²) in [6, 6.07) is 4.20. The van der Waals surface area contributed by atoms with Gasteiger partial charge in [-0.25, -0.2) is 14.8 Å². The standard InChI is InChI=1S/C18H19N5O3S/c1-8(2)26-12-5-4-10(9(3)21-12)18(16(19)24)14-13-11(22-17(25)23-14)6-7-20-15(13)27-18/h4-8,14H,1-3H3,(H2,19,24)(H2,22,23,25). The Morgan fingerprint density at radius 1 is 1.37 bits per heavy atom. The summed E-state index contributed by atoms with van der Waals surface area (Å²) in [4.78, 5) is 33.8. The molecule has 4 heterocycles. The molecule has 0 saturated heterocycles. The molecular weight excluding hydrogens is 366 g/mol. The van der Waals surface area contributed by atoms with Crippen molar-refractivity contribution in [3.05, 3.63) is 41.2 Å². The second kappa shape index (κ2) is 6.12. The van der Waals surface area contributed by atoms with Crippen LogP contribution < -0.4 is 21.1 Å². The maximum Gasteiger partial charge on any atom is 0.319 e. The molecule has 0 aromatic carbocycles. The highest BCUT2D eigenvalue weighted by molar-refractivity contribution is 8.01. The minimum Gasteiger partial charge on any atom is -0.475 e. The molecule has 2 aromatic heterocycles. The lowest BCUT2D eigenvalue weighted by atomic mass is 9.84. The number of primary amides is 1. The Morgan fingerprint density at radius 2 is 2.15 bits per heavy atom. The highest BCUT2D eigenvalue weighted by atomic mass is 32.2. The lowest BCUT2D eigenvalue weighted by molar-refractivity contribution is -0.121. The van der Waals surface area contributed by atoms with Crippen molar-refractivity contribution in [3.8, 4) is 5.88 Å². The number of aryl methyl sites for hydroxylation is 1. The molecule has 4 rings (SSSR count). The van der Waals surface area contributed by atoms with E-state index in [2.05, 4.69) is 20.6 Å². The Bertz CT molecular complexity index is 964. The van der Waals surface area contributed by atoms with Crippen LogP contribution in [0.3, 0.4) is 0 Å². The second-order valence-corrected chi connectivity index (χ2v) is 7.99. The fourth-order valence-electron chi connectivity index (χ4n) is 3.57. The zero-order valence-corrected chi connectivity index (χ0v) is 15.9. The number of hydrogen-bond donors (Lipinski definition) is 3. The summed E-state index contributed by atoms with van der Waals surface area (Å²) in [5, 5.41) is 6.26. The normalized spacial score (nSPS) is 22.8. The van der Waals surface area contributed by atoms with E-state index in [9.17, 15) is 9.59 Å². The topological polar surface area (TPSA) is 119 Å². The number of anilines is 1. The quantitative estimate of drug-likeness (QED) is 0.742. The van der Waals surface area contributed by atoms with Crippen LogP contribution in [0.25, 0.3) is 0 Å². The smallest absolute Gasteiger partial charge is 0.319 e. The summed E-state index contributed by atoms with van der Waals surface area (Å²) >= 11 is 1.25. The summed E-state index contributed by atoms with van der Waals surface area (Å²) in [6.45, 7) is 5.63. The number of amides is 3. The second-order valence-electron chi connectivity index (χ2n) is 6.76. The zero-order chi connectivity index (χ0) is 19.3. The van der Waals surface area contributed by atoms with Crippen LogP contribution in [0.1, 0.15) is 36.7 Å². The lowest BCUT2D eigenvalue weighted by Crippen LogP contribution is -2.51. The molecule has 2 unspecified atom stereocenters. The van der Waals surface area contributed by atoms with Crippen LogP contribution in [0.2, 0.25) is 0 Å². The van der Waals surface area contributed by atoms with Gasteiger partial charge in [-0.15, -0.1) is 0 Å². The van der Waals surface area contributed by atoms with Gasteiger partial charge in [-0.2, -0.15) is 0 Å². The van der Waals surface area contributed by atoms with E-state index < -0.39 is 16.7 Å². The van der Waals surface area contributed by atoms with Crippen LogP contribution >= 0.6 is 11.8 Å². The van der Waals surface area contributed by atoms with Crippen molar-refractivity contribution in [1.82, 2.24) is 15.3 Å². The third-order valence-electron chi connectivity index (χ3n) is 4.61. The first-order valence-electron chi connectivity index (χ1n) is 8.53. The van der Waals surface area contributed by atoms with E-state index in [0.717, 1.165) is 5.56 Å². The maximum absolute atomic E-state index is 12.8. The average molecular weight is 385 g/mol. The predicted molar refractivity (Wildman–Crippen MR) is 101 cm³/mol. The number of hydrogen-bond acceptors (Lipinski definition) is 6. The fraction of sp³-hybridized carbons (Fsp3) is 0.333. The van der Waals surface area contributed by atoms with E-state index in [4.69, 9.17) is 10.5 Å². The monoisotopic (exact) mass is 385 g/mol. The maximum atomic E-state index is 12.8. The van der Waals surface area contributed by atoms with Crippen molar-refractivity contribution in [1.29, 1.82) is 0 Å². The third-order valence-corrected chi connectivity index (χ3v) is 6.11. The minimum absolute atomic E-state index is 0.0200. The molecule has 0 bridgehead atoms. The highest BCUT2D eigenvalue weighted by Gasteiger charge is 2.57. The molecule has 2 aliphatic rings. The van der Waals surface area contributed by atoms with Crippen LogP contribution in [0, 0.1) is 6.92 Å². The van der Waals surface area contributed by atoms with Gasteiger partial charge >= 0.3 is 6.03 Å². The Kier molecular flexibility index (Phi) is 3.99. The summed E-state index contributed by atoms with van der Waals surface area (Å²) in [5.41, 5.74) is 8.54. The number of aromatic nitrogens is 2. The van der Waals surface area contributed by atoms with E-state index >= 15 is 0 Å². The molecule has 2 aliphatic heterocycles. The molecule has 8 nitrogen and oxygen atoms in total. The predicted octanol–water partition coefficient (Wildman–Crippen LogP) is 2.23. The molecule has 0 fully saturated rings. The SMILES string of the molecule is Cc1nc(OC(C)C)ccc1C1(C(N)=O)Sc2nccc3c2C1NC(=O)N3. The van der Waals surface area contributed by atoms with Crippen molar-refractivity contribution < 1.29 is 14.3 Å². The fourth-order valence-corrected chi connectivity index (χ4v) is 5.05. The third kappa shape index (κ3) is 2.61. The van der Waals surface area contributed by atoms with Gasteiger partial charge in [-0.05, 0) is 32.9 Å². The van der Waals surface area contributed by atoms with E-state index in [-0.39, 0.29) is 12.1 Å². The van der Waals surface area contributed by atoms with E-state index in [1.54, 1.807) is 31.3 Å². The van der Waals surface area contributed by atoms with Gasteiger partial charge in [0, 0.05) is 29.1 Å². The number of nitrogens with two attached hydrogens (primary N) is 1. The zero-order valence-electron chi connectivity index (χ0n) is 15.1. The van der Waals surface area contributed by atoms with Gasteiger partial charge in [0.2, 0.25) is 11.8 Å². The van der Waals surface area contributed by atoms with Gasteiger partial charge in [0.25, 0.3) is 0 Å². The number of thioether (sulfide) groups is 1. The Labute approximate surface area is 160 Å². The first-order chi connectivity index (χ1) is 12.8. The largest absolute Gasteiger partial charge is 0.475 e. The number of nitrogens with one attached hydrogen (secondary N) is 2. The first-order valence-corrected chi connectivity index (χ1v) is 9.34. The number of pyridine rings is 2. The van der Waals surface area contributed by atoms with Crippen molar-refractivity contribution in [2.24, 2.45) is 5.73 Å². The molecular formula is C18H19N5O3S. The van der Waals surface area contributed by atoms with Gasteiger partial charge in [-0.1, -0.05) is 11.8 Å². The van der Waals surface area contributed by atoms with Gasteiger partial charge in [-0.3, -0.25) is 4.79 Å². The van der Waals surface area contributed by atoms with E-state index in [1.807, 2.05) is 13.8 Å². The molecule has 140 valence electrons. The number of urea groups is 1. The number of carbonyl (C=O) groups is 2. The molecule has 0 spiro atoms. The number of rotatable bonds is 4. The summed E-state index contributed by atoms with van der Waals surface area (Å²) in [7, 11) is 0. The van der Waals surface area contributed by atoms with Gasteiger partial charge in [0.05, 0.1) is 17.8 Å². The highest BCUT2D eigenvalue weighted by Crippen LogP contribution is 2.60. The molecule has 0 radical (unpaired) electrons. The van der Waals surface area contributed by atoms with Gasteiger partial charge in [0.15, 0.2) is 4.75 Å². The summed E-state index contributed by atoms with van der Waals surface area (Å²) in [6.07, 6.45) is 1.58. The summed E-state index contributed by atoms with van der Waals surface area (Å²) in [5.74, 6) is -0.0920. The van der Waals surface area contributed by atoms with E-state index in [0.29, 0.717) is 27.9 Å². The molecule has 4 N–H and O–H groups in total. The molecule has 3 amide bonds. The molecule has 0 aliphatic carbocycles. The van der Waals surface area contributed by atoms with Crippen LogP contribution in [0.5, 0.6) is 5.88 Å². The number of nitrogens with zero attached hydrogens (tertiary/aromatic N) is 2. The number of ether oxygens (including phenoxy) is 1. The minimum atomic E-state index is -1.24. The Morgan fingerprint density at radius 3 is 2.81 bits per heavy atom. The Balaban J connectivity index is 1.88. The molecule has 0 saturated carbocycles. The average Bonchev–Trinajstić information content (AvgIpc) is 2.91. The van der Waals surface area contributed by atoms with Crippen molar-refractivity contribution >= 4 is 29.4 Å². The van der Waals surface area contributed by atoms with Crippen molar-refractivity contribution in [2.45, 2.75) is 42.7 Å². The summed E-state index contributed by atoms with van der Waals surface area (Å²) < 4.78 is 4.40. The van der Waals surface area contributed by atoms with Crippen LogP contribution in [0.4, 0.5) is 10.5 Å². The number of carbonyl (C=O) groups excluding carboxylic acids is 2. The molecule has 2 atom stereocenters. The van der Waals surface area contributed by atoms with Crippen LogP contribution in [-0.4, -0.2) is 28.0 Å². The van der Waals surface area contributed by atoms with E-state index in [1.165, 1.54) is 11.8 Å². The van der Waals surface area contributed by atoms with Gasteiger partial charge < -0.3 is 21.1 Å².